The lowest BCUT2D eigenvalue weighted by Crippen LogP contribution is -2.31. The summed E-state index contributed by atoms with van der Waals surface area (Å²) in [5, 5.41) is 4.70. The number of carbonyl (C=O) groups is 3. The molecule has 0 aliphatic carbocycles. The maximum Gasteiger partial charge on any atom is 0.255 e. The molecule has 0 aliphatic rings. The van der Waals surface area contributed by atoms with Crippen LogP contribution in [-0.2, 0) is 14.4 Å². The highest BCUT2D eigenvalue weighted by Gasteiger charge is 2.11. The summed E-state index contributed by atoms with van der Waals surface area (Å²) in [5.74, 6) is -1.13. The van der Waals surface area contributed by atoms with Crippen LogP contribution in [-0.4, -0.2) is 17.7 Å². The molecule has 0 saturated carbocycles. The van der Waals surface area contributed by atoms with E-state index in [-0.39, 0.29) is 5.91 Å². The second-order valence-electron chi connectivity index (χ2n) is 3.15. The van der Waals surface area contributed by atoms with Gasteiger partial charge in [-0.15, -0.1) is 0 Å². The van der Waals surface area contributed by atoms with Gasteiger partial charge in [0.1, 0.15) is 0 Å². The van der Waals surface area contributed by atoms with Crippen molar-refractivity contribution in [2.75, 3.05) is 0 Å². The summed E-state index contributed by atoms with van der Waals surface area (Å²) in [6, 6.07) is 0. The first-order valence-corrected chi connectivity index (χ1v) is 4.67. The summed E-state index contributed by atoms with van der Waals surface area (Å²) < 4.78 is 0. The maximum atomic E-state index is 11.4. The van der Waals surface area contributed by atoms with Crippen LogP contribution in [0, 0.1) is 0 Å². The van der Waals surface area contributed by atoms with Crippen LogP contribution in [0.1, 0.15) is 34.1 Å². The molecular formula is C10H16N2O3. The van der Waals surface area contributed by atoms with E-state index in [1.165, 1.54) is 13.8 Å². The van der Waals surface area contributed by atoms with E-state index in [0.717, 1.165) is 0 Å². The zero-order valence-electron chi connectivity index (χ0n) is 9.43. The molecule has 2 N–H and O–H groups in total. The van der Waals surface area contributed by atoms with Crippen LogP contribution in [0.15, 0.2) is 11.3 Å². The quantitative estimate of drug-likeness (QED) is 0.668. The Morgan fingerprint density at radius 1 is 0.933 bits per heavy atom. The molecule has 0 atom stereocenters. The summed E-state index contributed by atoms with van der Waals surface area (Å²) in [7, 11) is 0. The Labute approximate surface area is 88.9 Å². The highest BCUT2D eigenvalue weighted by atomic mass is 16.2. The molecule has 0 heterocycles. The molecule has 5 nitrogen and oxygen atoms in total. The Morgan fingerprint density at radius 3 is 1.73 bits per heavy atom. The third kappa shape index (κ3) is 4.95. The standard InChI is InChI=1S/C10H16N2O3/c1-5-9(11-7(3)13)6(2)10(15)12-8(4)14/h5H2,1-4H3,(H,11,13)(H,12,14,15)/b9-6+. The zero-order valence-corrected chi connectivity index (χ0v) is 9.43. The van der Waals surface area contributed by atoms with Crippen molar-refractivity contribution < 1.29 is 14.4 Å². The number of rotatable bonds is 3. The minimum Gasteiger partial charge on any atom is -0.330 e. The van der Waals surface area contributed by atoms with Gasteiger partial charge in [0.15, 0.2) is 0 Å². The number of hydrogen-bond donors (Lipinski definition) is 2. The van der Waals surface area contributed by atoms with Crippen LogP contribution < -0.4 is 10.6 Å². The van der Waals surface area contributed by atoms with E-state index in [2.05, 4.69) is 10.6 Å². The second-order valence-corrected chi connectivity index (χ2v) is 3.15. The predicted octanol–water partition coefficient (Wildman–Crippen LogP) is 0.469. The molecule has 5 heteroatoms. The molecule has 0 fully saturated rings. The summed E-state index contributed by atoms with van der Waals surface area (Å²) in [5.41, 5.74) is 0.879. The van der Waals surface area contributed by atoms with Gasteiger partial charge < -0.3 is 5.32 Å². The number of imide groups is 1. The fraction of sp³-hybridized carbons (Fsp3) is 0.500. The van der Waals surface area contributed by atoms with Gasteiger partial charge in [0, 0.05) is 25.1 Å². The van der Waals surface area contributed by atoms with Crippen molar-refractivity contribution in [3.05, 3.63) is 11.3 Å². The predicted molar refractivity (Wildman–Crippen MR) is 55.6 cm³/mol. The monoisotopic (exact) mass is 212 g/mol. The third-order valence-electron chi connectivity index (χ3n) is 1.76. The highest BCUT2D eigenvalue weighted by molar-refractivity contribution is 6.03. The summed E-state index contributed by atoms with van der Waals surface area (Å²) in [6.07, 6.45) is 0.525. The zero-order chi connectivity index (χ0) is 12.0. The number of amides is 3. The minimum absolute atomic E-state index is 0.234. The van der Waals surface area contributed by atoms with Crippen molar-refractivity contribution in [1.82, 2.24) is 10.6 Å². The van der Waals surface area contributed by atoms with Crippen molar-refractivity contribution >= 4 is 17.7 Å². The van der Waals surface area contributed by atoms with Crippen molar-refractivity contribution in [3.8, 4) is 0 Å². The smallest absolute Gasteiger partial charge is 0.255 e. The summed E-state index contributed by atoms with van der Waals surface area (Å²) >= 11 is 0. The van der Waals surface area contributed by atoms with Gasteiger partial charge in [-0.05, 0) is 13.3 Å². The molecule has 0 unspecified atom stereocenters. The third-order valence-corrected chi connectivity index (χ3v) is 1.76. The molecule has 3 amide bonds. The summed E-state index contributed by atoms with van der Waals surface area (Å²) in [6.45, 7) is 6.00. The molecule has 0 aromatic heterocycles. The molecule has 84 valence electrons. The maximum absolute atomic E-state index is 11.4. The molecule has 0 aliphatic heterocycles. The average molecular weight is 212 g/mol. The lowest BCUT2D eigenvalue weighted by Gasteiger charge is -2.09. The number of carbonyl (C=O) groups excluding carboxylic acids is 3. The van der Waals surface area contributed by atoms with Crippen LogP contribution in [0.5, 0.6) is 0 Å². The van der Waals surface area contributed by atoms with E-state index in [1.54, 1.807) is 6.92 Å². The van der Waals surface area contributed by atoms with E-state index in [1.807, 2.05) is 6.92 Å². The molecule has 0 bridgehead atoms. The lowest BCUT2D eigenvalue weighted by atomic mass is 10.1. The average Bonchev–Trinajstić information content (AvgIpc) is 2.11. The first-order chi connectivity index (χ1) is 6.88. The van der Waals surface area contributed by atoms with Crippen LogP contribution in [0.25, 0.3) is 0 Å². The fourth-order valence-corrected chi connectivity index (χ4v) is 1.05. The van der Waals surface area contributed by atoms with Crippen molar-refractivity contribution in [2.24, 2.45) is 0 Å². The Bertz CT molecular complexity index is 319. The first-order valence-electron chi connectivity index (χ1n) is 4.67. The van der Waals surface area contributed by atoms with Crippen LogP contribution in [0.3, 0.4) is 0 Å². The van der Waals surface area contributed by atoms with Crippen molar-refractivity contribution in [3.63, 3.8) is 0 Å². The van der Waals surface area contributed by atoms with E-state index >= 15 is 0 Å². The van der Waals surface area contributed by atoms with Gasteiger partial charge in [0.25, 0.3) is 5.91 Å². The van der Waals surface area contributed by atoms with Gasteiger partial charge >= 0.3 is 0 Å². The lowest BCUT2D eigenvalue weighted by molar-refractivity contribution is -0.127. The van der Waals surface area contributed by atoms with E-state index in [4.69, 9.17) is 0 Å². The van der Waals surface area contributed by atoms with Gasteiger partial charge in [-0.25, -0.2) is 0 Å². The number of allylic oxidation sites excluding steroid dienone is 1. The van der Waals surface area contributed by atoms with Gasteiger partial charge in [-0.1, -0.05) is 6.92 Å². The SMILES string of the molecule is CC/C(NC(C)=O)=C(/C)C(=O)NC(C)=O. The van der Waals surface area contributed by atoms with Crippen molar-refractivity contribution in [1.29, 1.82) is 0 Å². The van der Waals surface area contributed by atoms with Gasteiger partial charge in [0.2, 0.25) is 11.8 Å². The van der Waals surface area contributed by atoms with E-state index < -0.39 is 11.8 Å². The van der Waals surface area contributed by atoms with Crippen molar-refractivity contribution in [2.45, 2.75) is 34.1 Å². The largest absolute Gasteiger partial charge is 0.330 e. The number of nitrogens with one attached hydrogen (secondary N) is 2. The number of hydrogen-bond acceptors (Lipinski definition) is 3. The van der Waals surface area contributed by atoms with Crippen LogP contribution in [0.4, 0.5) is 0 Å². The molecule has 0 saturated heterocycles. The van der Waals surface area contributed by atoms with Crippen LogP contribution in [0.2, 0.25) is 0 Å². The molecule has 0 aromatic carbocycles. The fourth-order valence-electron chi connectivity index (χ4n) is 1.05. The second kappa shape index (κ2) is 5.95. The normalized spacial score (nSPS) is 11.5. The molecule has 0 aromatic rings. The van der Waals surface area contributed by atoms with Gasteiger partial charge in [-0.3, -0.25) is 19.7 Å². The minimum atomic E-state index is -0.479. The Hall–Kier alpha value is -1.65. The molecular weight excluding hydrogens is 196 g/mol. The van der Waals surface area contributed by atoms with Gasteiger partial charge in [0.05, 0.1) is 0 Å². The molecule has 0 rings (SSSR count). The highest BCUT2D eigenvalue weighted by Crippen LogP contribution is 2.05. The molecule has 0 radical (unpaired) electrons. The molecule has 15 heavy (non-hydrogen) atoms. The summed E-state index contributed by atoms with van der Waals surface area (Å²) in [4.78, 5) is 32.9. The Kier molecular flexibility index (Phi) is 5.30. The molecule has 0 spiro atoms. The Morgan fingerprint density at radius 2 is 1.40 bits per heavy atom. The first kappa shape index (κ1) is 13.4. The van der Waals surface area contributed by atoms with Crippen LogP contribution >= 0.6 is 0 Å². The van der Waals surface area contributed by atoms with E-state index in [0.29, 0.717) is 17.7 Å². The van der Waals surface area contributed by atoms with Gasteiger partial charge in [-0.2, -0.15) is 0 Å². The van der Waals surface area contributed by atoms with E-state index in [9.17, 15) is 14.4 Å². The topological polar surface area (TPSA) is 75.3 Å². The Balaban J connectivity index is 4.77.